The Morgan fingerprint density at radius 1 is 1.21 bits per heavy atom. The van der Waals surface area contributed by atoms with Gasteiger partial charge in [-0.25, -0.2) is 9.67 Å². The molecule has 0 bridgehead atoms. The van der Waals surface area contributed by atoms with Gasteiger partial charge >= 0.3 is 6.18 Å². The summed E-state index contributed by atoms with van der Waals surface area (Å²) in [6, 6.07) is 10.4. The molecule has 2 heterocycles. The van der Waals surface area contributed by atoms with E-state index in [1.54, 1.807) is 13.0 Å². The number of anilines is 1. The second kappa shape index (κ2) is 6.93. The molecular weight excluding hydrogens is 409 g/mol. The molecule has 0 aliphatic carbocycles. The number of oxazole rings is 1. The number of nitrogens with zero attached hydrogens (tertiary/aromatic N) is 3. The van der Waals surface area contributed by atoms with E-state index in [1.807, 2.05) is 0 Å². The highest BCUT2D eigenvalue weighted by atomic mass is 35.5. The lowest BCUT2D eigenvalue weighted by Gasteiger charge is -2.13. The van der Waals surface area contributed by atoms with Crippen molar-refractivity contribution in [2.75, 3.05) is 5.32 Å². The molecule has 0 saturated carbocycles. The molecular formula is C19H12ClF3N4O2. The van der Waals surface area contributed by atoms with Crippen LogP contribution in [0.5, 0.6) is 0 Å². The van der Waals surface area contributed by atoms with E-state index in [-0.39, 0.29) is 16.4 Å². The minimum atomic E-state index is -4.82. The summed E-state index contributed by atoms with van der Waals surface area (Å²) in [5.74, 6) is -0.518. The third kappa shape index (κ3) is 3.68. The third-order valence-electron chi connectivity index (χ3n) is 4.09. The first-order chi connectivity index (χ1) is 13.7. The van der Waals surface area contributed by atoms with Gasteiger partial charge in [0.25, 0.3) is 5.91 Å². The molecule has 0 aliphatic rings. The summed E-state index contributed by atoms with van der Waals surface area (Å²) in [7, 11) is 0. The number of rotatable bonds is 3. The SMILES string of the molecule is Cc1nc2cc(NC(=O)c3cnn(-c4cccc(Cl)c4)c3C(F)(F)F)ccc2o1. The number of hydrogen-bond acceptors (Lipinski definition) is 4. The molecule has 0 aliphatic heterocycles. The van der Waals surface area contributed by atoms with Crippen molar-refractivity contribution in [3.63, 3.8) is 0 Å². The minimum Gasteiger partial charge on any atom is -0.441 e. The standard InChI is InChI=1S/C19H12ClF3N4O2/c1-10-25-15-8-12(5-6-16(15)29-10)26-18(28)14-9-24-27(17(14)19(21,22)23)13-4-2-3-11(20)7-13/h2-9H,1H3,(H,26,28). The summed E-state index contributed by atoms with van der Waals surface area (Å²) in [4.78, 5) is 16.7. The van der Waals surface area contributed by atoms with Crippen LogP contribution in [0.4, 0.5) is 18.9 Å². The highest BCUT2D eigenvalue weighted by Crippen LogP contribution is 2.34. The van der Waals surface area contributed by atoms with Crippen LogP contribution in [0.15, 0.2) is 53.1 Å². The average molecular weight is 421 g/mol. The Bertz CT molecular complexity index is 1230. The van der Waals surface area contributed by atoms with Crippen molar-refractivity contribution in [1.82, 2.24) is 14.8 Å². The van der Waals surface area contributed by atoms with E-state index in [1.165, 1.54) is 36.4 Å². The van der Waals surface area contributed by atoms with E-state index in [2.05, 4.69) is 15.4 Å². The summed E-state index contributed by atoms with van der Waals surface area (Å²) in [6.45, 7) is 1.66. The maximum atomic E-state index is 13.7. The number of amides is 1. The van der Waals surface area contributed by atoms with Gasteiger partial charge in [-0.05, 0) is 36.4 Å². The quantitative estimate of drug-likeness (QED) is 0.491. The van der Waals surface area contributed by atoms with E-state index in [9.17, 15) is 18.0 Å². The van der Waals surface area contributed by atoms with E-state index in [0.717, 1.165) is 6.20 Å². The van der Waals surface area contributed by atoms with Crippen LogP contribution in [0.25, 0.3) is 16.8 Å². The number of hydrogen-bond donors (Lipinski definition) is 1. The van der Waals surface area contributed by atoms with Gasteiger partial charge in [-0.2, -0.15) is 18.3 Å². The first kappa shape index (κ1) is 19.0. The molecule has 10 heteroatoms. The molecule has 0 spiro atoms. The average Bonchev–Trinajstić information content (AvgIpc) is 3.24. The first-order valence-corrected chi connectivity index (χ1v) is 8.70. The van der Waals surface area contributed by atoms with Crippen molar-refractivity contribution in [2.24, 2.45) is 0 Å². The van der Waals surface area contributed by atoms with Crippen LogP contribution >= 0.6 is 11.6 Å². The number of carbonyl (C=O) groups excluding carboxylic acids is 1. The van der Waals surface area contributed by atoms with Gasteiger partial charge in [-0.15, -0.1) is 0 Å². The Kier molecular flexibility index (Phi) is 4.54. The summed E-state index contributed by atoms with van der Waals surface area (Å²) < 4.78 is 47.2. The van der Waals surface area contributed by atoms with Gasteiger partial charge in [0.1, 0.15) is 5.52 Å². The number of nitrogens with one attached hydrogen (secondary N) is 1. The molecule has 0 atom stereocenters. The maximum Gasteiger partial charge on any atom is 0.434 e. The summed E-state index contributed by atoms with van der Waals surface area (Å²) in [6.07, 6.45) is -3.95. The van der Waals surface area contributed by atoms with Crippen LogP contribution in [0, 0.1) is 6.92 Å². The lowest BCUT2D eigenvalue weighted by Crippen LogP contribution is -2.20. The predicted molar refractivity (Wildman–Crippen MR) is 100 cm³/mol. The van der Waals surface area contributed by atoms with Crippen LogP contribution in [0.1, 0.15) is 21.9 Å². The molecule has 1 amide bonds. The second-order valence-electron chi connectivity index (χ2n) is 6.17. The summed E-state index contributed by atoms with van der Waals surface area (Å²) in [5.41, 5.74) is -0.469. The second-order valence-corrected chi connectivity index (χ2v) is 6.60. The highest BCUT2D eigenvalue weighted by molar-refractivity contribution is 6.30. The van der Waals surface area contributed by atoms with E-state index >= 15 is 0 Å². The van der Waals surface area contributed by atoms with Gasteiger partial charge in [0.2, 0.25) is 0 Å². The van der Waals surface area contributed by atoms with Crippen molar-refractivity contribution in [1.29, 1.82) is 0 Å². The number of fused-ring (bicyclic) bond motifs is 1. The molecule has 0 saturated heterocycles. The molecule has 1 N–H and O–H groups in total. The normalized spacial score (nSPS) is 11.8. The fraction of sp³-hybridized carbons (Fsp3) is 0.105. The van der Waals surface area contributed by atoms with Gasteiger partial charge in [-0.3, -0.25) is 4.79 Å². The number of halogens is 4. The van der Waals surface area contributed by atoms with Crippen LogP contribution in [0.3, 0.4) is 0 Å². The Hall–Kier alpha value is -3.33. The fourth-order valence-electron chi connectivity index (χ4n) is 2.91. The molecule has 0 fully saturated rings. The summed E-state index contributed by atoms with van der Waals surface area (Å²) in [5, 5.41) is 6.45. The Morgan fingerprint density at radius 2 is 2.00 bits per heavy atom. The van der Waals surface area contributed by atoms with Crippen molar-refractivity contribution in [3.8, 4) is 5.69 Å². The fourth-order valence-corrected chi connectivity index (χ4v) is 3.09. The number of alkyl halides is 3. The van der Waals surface area contributed by atoms with Crippen LogP contribution < -0.4 is 5.32 Å². The largest absolute Gasteiger partial charge is 0.441 e. The van der Waals surface area contributed by atoms with Gasteiger partial charge in [0.15, 0.2) is 17.2 Å². The molecule has 2 aromatic carbocycles. The Labute approximate surface area is 166 Å². The van der Waals surface area contributed by atoms with Gasteiger partial charge < -0.3 is 9.73 Å². The first-order valence-electron chi connectivity index (χ1n) is 8.32. The molecule has 6 nitrogen and oxygen atoms in total. The zero-order valence-corrected chi connectivity index (χ0v) is 15.5. The molecule has 0 radical (unpaired) electrons. The van der Waals surface area contributed by atoms with Crippen molar-refractivity contribution in [3.05, 3.63) is 70.8 Å². The molecule has 4 rings (SSSR count). The monoisotopic (exact) mass is 420 g/mol. The molecule has 148 valence electrons. The van der Waals surface area contributed by atoms with Gasteiger partial charge in [0, 0.05) is 17.6 Å². The predicted octanol–water partition coefficient (Wildman–Crippen LogP) is 5.25. The van der Waals surface area contributed by atoms with E-state index in [0.29, 0.717) is 21.7 Å². The van der Waals surface area contributed by atoms with Gasteiger partial charge in [0.05, 0.1) is 17.4 Å². The van der Waals surface area contributed by atoms with Crippen molar-refractivity contribution >= 4 is 34.3 Å². The van der Waals surface area contributed by atoms with Crippen molar-refractivity contribution in [2.45, 2.75) is 13.1 Å². The zero-order valence-electron chi connectivity index (χ0n) is 14.8. The number of benzene rings is 2. The maximum absolute atomic E-state index is 13.7. The molecule has 0 unspecified atom stereocenters. The number of aryl methyl sites for hydroxylation is 1. The summed E-state index contributed by atoms with van der Waals surface area (Å²) >= 11 is 5.87. The van der Waals surface area contributed by atoms with E-state index in [4.69, 9.17) is 16.0 Å². The topological polar surface area (TPSA) is 73.0 Å². The lowest BCUT2D eigenvalue weighted by molar-refractivity contribution is -0.143. The minimum absolute atomic E-state index is 0.0865. The van der Waals surface area contributed by atoms with Crippen LogP contribution in [0.2, 0.25) is 5.02 Å². The van der Waals surface area contributed by atoms with Crippen LogP contribution in [-0.2, 0) is 6.18 Å². The molecule has 4 aromatic rings. The van der Waals surface area contributed by atoms with Crippen molar-refractivity contribution < 1.29 is 22.4 Å². The Balaban J connectivity index is 1.72. The van der Waals surface area contributed by atoms with Gasteiger partial charge in [-0.1, -0.05) is 17.7 Å². The number of carbonyl (C=O) groups is 1. The van der Waals surface area contributed by atoms with Crippen LogP contribution in [-0.4, -0.2) is 20.7 Å². The highest BCUT2D eigenvalue weighted by Gasteiger charge is 2.40. The third-order valence-corrected chi connectivity index (χ3v) is 4.32. The number of aromatic nitrogens is 3. The zero-order chi connectivity index (χ0) is 20.8. The Morgan fingerprint density at radius 3 is 2.72 bits per heavy atom. The smallest absolute Gasteiger partial charge is 0.434 e. The molecule has 2 aromatic heterocycles. The molecule has 29 heavy (non-hydrogen) atoms. The van der Waals surface area contributed by atoms with E-state index < -0.39 is 23.3 Å². The lowest BCUT2D eigenvalue weighted by atomic mass is 10.2.